The molecule has 0 fully saturated rings. The van der Waals surface area contributed by atoms with Gasteiger partial charge in [0.05, 0.1) is 6.61 Å². The Morgan fingerprint density at radius 1 is 1.37 bits per heavy atom. The second-order valence-electron chi connectivity index (χ2n) is 4.22. The van der Waals surface area contributed by atoms with Crippen LogP contribution in [0.15, 0.2) is 34.4 Å². The van der Waals surface area contributed by atoms with E-state index in [9.17, 15) is 0 Å². The Bertz CT molecular complexity index is 483. The molecule has 0 bridgehead atoms. The summed E-state index contributed by atoms with van der Waals surface area (Å²) in [6.45, 7) is 2.26. The predicted octanol–water partition coefficient (Wildman–Crippen LogP) is 1.58. The molecule has 0 spiro atoms. The van der Waals surface area contributed by atoms with Gasteiger partial charge in [-0.25, -0.2) is 0 Å². The number of ether oxygens (including phenoxy) is 1. The normalized spacial score (nSPS) is 15.7. The van der Waals surface area contributed by atoms with E-state index in [0.29, 0.717) is 6.61 Å². The number of rotatable bonds is 5. The van der Waals surface area contributed by atoms with E-state index in [4.69, 9.17) is 9.57 Å². The van der Waals surface area contributed by atoms with Gasteiger partial charge in [-0.05, 0) is 12.0 Å². The summed E-state index contributed by atoms with van der Waals surface area (Å²) in [7, 11) is 3.22. The maximum Gasteiger partial charge on any atom is 0.152 e. The Labute approximate surface area is 113 Å². The topological polar surface area (TPSA) is 55.2 Å². The van der Waals surface area contributed by atoms with Gasteiger partial charge in [0.15, 0.2) is 11.5 Å². The van der Waals surface area contributed by atoms with E-state index in [1.54, 1.807) is 14.2 Å². The van der Waals surface area contributed by atoms with Crippen LogP contribution in [-0.4, -0.2) is 38.9 Å². The quantitative estimate of drug-likeness (QED) is 0.646. The Morgan fingerprint density at radius 3 is 2.89 bits per heavy atom. The number of nitrogens with zero attached hydrogens (tertiary/aromatic N) is 2. The first-order valence-electron chi connectivity index (χ1n) is 6.34. The van der Waals surface area contributed by atoms with E-state index in [-0.39, 0.29) is 0 Å². The molecule has 1 aromatic rings. The minimum Gasteiger partial charge on any atom is -0.399 e. The van der Waals surface area contributed by atoms with Gasteiger partial charge in [-0.3, -0.25) is 4.99 Å². The van der Waals surface area contributed by atoms with Crippen molar-refractivity contribution in [2.75, 3.05) is 27.3 Å². The van der Waals surface area contributed by atoms with Crippen molar-refractivity contribution < 1.29 is 9.57 Å². The van der Waals surface area contributed by atoms with E-state index >= 15 is 0 Å². The molecule has 2 rings (SSSR count). The fourth-order valence-corrected chi connectivity index (χ4v) is 2.04. The van der Waals surface area contributed by atoms with E-state index in [1.807, 2.05) is 24.3 Å². The van der Waals surface area contributed by atoms with Crippen molar-refractivity contribution in [2.24, 2.45) is 10.1 Å². The van der Waals surface area contributed by atoms with Crippen LogP contribution in [0.3, 0.4) is 0 Å². The predicted molar refractivity (Wildman–Crippen MR) is 75.6 cm³/mol. The van der Waals surface area contributed by atoms with Crippen molar-refractivity contribution in [1.29, 1.82) is 0 Å². The van der Waals surface area contributed by atoms with Gasteiger partial charge in [-0.15, -0.1) is 0 Å². The Hall–Kier alpha value is -1.88. The molecule has 19 heavy (non-hydrogen) atoms. The molecular weight excluding hydrogens is 242 g/mol. The highest BCUT2D eigenvalue weighted by Gasteiger charge is 2.17. The molecule has 0 saturated heterocycles. The van der Waals surface area contributed by atoms with Crippen LogP contribution < -0.4 is 5.32 Å². The number of hydrogen-bond donors (Lipinski definition) is 1. The first-order chi connectivity index (χ1) is 9.36. The Morgan fingerprint density at radius 2 is 2.21 bits per heavy atom. The van der Waals surface area contributed by atoms with E-state index in [2.05, 4.69) is 15.5 Å². The molecule has 5 heteroatoms. The van der Waals surface area contributed by atoms with E-state index < -0.39 is 0 Å². The lowest BCUT2D eigenvalue weighted by Crippen LogP contribution is -2.36. The van der Waals surface area contributed by atoms with Gasteiger partial charge in [0, 0.05) is 25.8 Å². The first-order valence-corrected chi connectivity index (χ1v) is 6.34. The molecule has 1 aromatic carbocycles. The van der Waals surface area contributed by atoms with Gasteiger partial charge in [0.1, 0.15) is 7.11 Å². The fourth-order valence-electron chi connectivity index (χ4n) is 2.04. The van der Waals surface area contributed by atoms with Crippen molar-refractivity contribution in [3.05, 3.63) is 35.4 Å². The molecule has 1 aliphatic rings. The minimum atomic E-state index is 0.534. The monoisotopic (exact) mass is 261 g/mol. The number of methoxy groups -OCH3 is 1. The van der Waals surface area contributed by atoms with E-state index in [0.717, 1.165) is 42.2 Å². The zero-order valence-electron chi connectivity index (χ0n) is 11.3. The third-order valence-corrected chi connectivity index (χ3v) is 2.88. The van der Waals surface area contributed by atoms with Crippen molar-refractivity contribution in [1.82, 2.24) is 5.32 Å². The maximum absolute atomic E-state index is 5.23. The second-order valence-corrected chi connectivity index (χ2v) is 4.22. The molecule has 1 N–H and O–H groups in total. The second kappa shape index (κ2) is 6.89. The standard InChI is InChI=1S/C14H19N3O2/c1-18-10-11-6-3-4-7-12(11)13(17-19-2)14-15-8-5-9-16-14/h3-4,6-7H,5,8-10H2,1-2H3,(H,15,16). The smallest absolute Gasteiger partial charge is 0.152 e. The molecule has 102 valence electrons. The number of oxime groups is 1. The molecule has 0 amide bonds. The molecule has 0 saturated carbocycles. The Balaban J connectivity index is 2.39. The van der Waals surface area contributed by atoms with Crippen LogP contribution in [-0.2, 0) is 16.2 Å². The number of nitrogens with one attached hydrogen (secondary N) is 1. The SMILES string of the molecule is COCc1ccccc1C(=NOC)C1=NCCCN1. The summed E-state index contributed by atoms with van der Waals surface area (Å²) in [5.41, 5.74) is 2.78. The molecule has 1 aliphatic heterocycles. The highest BCUT2D eigenvalue weighted by molar-refractivity contribution is 6.47. The van der Waals surface area contributed by atoms with Crippen LogP contribution >= 0.6 is 0 Å². The summed E-state index contributed by atoms with van der Waals surface area (Å²) >= 11 is 0. The molecule has 0 aliphatic carbocycles. The summed E-state index contributed by atoms with van der Waals surface area (Å²) in [6.07, 6.45) is 1.05. The summed E-state index contributed by atoms with van der Waals surface area (Å²) in [6, 6.07) is 7.99. The number of amidine groups is 1. The highest BCUT2D eigenvalue weighted by atomic mass is 16.6. The fraction of sp³-hybridized carbons (Fsp3) is 0.429. The summed E-state index contributed by atoms with van der Waals surface area (Å²) < 4.78 is 5.23. The molecule has 5 nitrogen and oxygen atoms in total. The average molecular weight is 261 g/mol. The largest absolute Gasteiger partial charge is 0.399 e. The molecular formula is C14H19N3O2. The summed E-state index contributed by atoms with van der Waals surface area (Å²) in [4.78, 5) is 9.45. The Kier molecular flexibility index (Phi) is 4.92. The third-order valence-electron chi connectivity index (χ3n) is 2.88. The zero-order valence-corrected chi connectivity index (χ0v) is 11.3. The third kappa shape index (κ3) is 3.32. The maximum atomic E-state index is 5.23. The average Bonchev–Trinajstić information content (AvgIpc) is 2.47. The number of benzene rings is 1. The first kappa shape index (κ1) is 13.5. The van der Waals surface area contributed by atoms with Gasteiger partial charge < -0.3 is 14.9 Å². The van der Waals surface area contributed by atoms with Gasteiger partial charge in [0.2, 0.25) is 0 Å². The van der Waals surface area contributed by atoms with Crippen LogP contribution in [0.2, 0.25) is 0 Å². The lowest BCUT2D eigenvalue weighted by molar-refractivity contribution is 0.184. The van der Waals surface area contributed by atoms with Crippen molar-refractivity contribution >= 4 is 11.5 Å². The van der Waals surface area contributed by atoms with Gasteiger partial charge in [-0.2, -0.15) is 0 Å². The molecule has 0 radical (unpaired) electrons. The van der Waals surface area contributed by atoms with Gasteiger partial charge in [-0.1, -0.05) is 29.4 Å². The van der Waals surface area contributed by atoms with Crippen molar-refractivity contribution in [2.45, 2.75) is 13.0 Å². The van der Waals surface area contributed by atoms with Crippen LogP contribution in [0, 0.1) is 0 Å². The molecule has 0 atom stereocenters. The zero-order chi connectivity index (χ0) is 13.5. The molecule has 0 aromatic heterocycles. The van der Waals surface area contributed by atoms with Crippen LogP contribution in [0.5, 0.6) is 0 Å². The lowest BCUT2D eigenvalue weighted by atomic mass is 10.0. The number of aliphatic imine (C=N–C) groups is 1. The minimum absolute atomic E-state index is 0.534. The van der Waals surface area contributed by atoms with E-state index in [1.165, 1.54) is 0 Å². The van der Waals surface area contributed by atoms with Crippen LogP contribution in [0.1, 0.15) is 17.5 Å². The lowest BCUT2D eigenvalue weighted by Gasteiger charge is -2.17. The summed E-state index contributed by atoms with van der Waals surface area (Å²) in [5, 5.41) is 7.40. The summed E-state index contributed by atoms with van der Waals surface area (Å²) in [5.74, 6) is 0.789. The van der Waals surface area contributed by atoms with Crippen molar-refractivity contribution in [3.8, 4) is 0 Å². The van der Waals surface area contributed by atoms with Crippen LogP contribution in [0.25, 0.3) is 0 Å². The van der Waals surface area contributed by atoms with Gasteiger partial charge >= 0.3 is 0 Å². The number of hydrogen-bond acceptors (Lipinski definition) is 5. The molecule has 0 unspecified atom stereocenters. The van der Waals surface area contributed by atoms with Crippen molar-refractivity contribution in [3.63, 3.8) is 0 Å². The molecule has 1 heterocycles. The van der Waals surface area contributed by atoms with Crippen LogP contribution in [0.4, 0.5) is 0 Å². The van der Waals surface area contributed by atoms with Gasteiger partial charge in [0.25, 0.3) is 0 Å². The highest BCUT2D eigenvalue weighted by Crippen LogP contribution is 2.13.